The zero-order valence-electron chi connectivity index (χ0n) is 11.8. The van der Waals surface area contributed by atoms with Crippen LogP contribution in [0.1, 0.15) is 44.0 Å². The number of benzene rings is 1. The number of carbonyl (C=O) groups excluding carboxylic acids is 2. The molecule has 108 valence electrons. The molecular weight excluding hydrogens is 280 g/mol. The Bertz CT molecular complexity index is 558. The molecule has 0 spiro atoms. The average Bonchev–Trinajstić information content (AvgIpc) is 2.52. The summed E-state index contributed by atoms with van der Waals surface area (Å²) in [7, 11) is 0. The molecule has 0 unspecified atom stereocenters. The molecule has 0 aromatic heterocycles. The first-order chi connectivity index (χ1) is 9.29. The van der Waals surface area contributed by atoms with E-state index in [-0.39, 0.29) is 22.5 Å². The van der Waals surface area contributed by atoms with Gasteiger partial charge in [0, 0.05) is 12.5 Å². The average molecular weight is 297 g/mol. The summed E-state index contributed by atoms with van der Waals surface area (Å²) >= 11 is 6.09. The molecule has 20 heavy (non-hydrogen) atoms. The van der Waals surface area contributed by atoms with Gasteiger partial charge in [0.1, 0.15) is 5.75 Å². The zero-order valence-corrected chi connectivity index (χ0v) is 12.5. The molecule has 1 heterocycles. The second kappa shape index (κ2) is 5.44. The Morgan fingerprint density at radius 1 is 1.35 bits per heavy atom. The van der Waals surface area contributed by atoms with Crippen LogP contribution in [0.4, 0.5) is 0 Å². The monoisotopic (exact) mass is 296 g/mol. The number of hydrogen-bond donors (Lipinski definition) is 0. The van der Waals surface area contributed by atoms with Crippen LogP contribution in [-0.2, 0) is 4.79 Å². The van der Waals surface area contributed by atoms with Crippen molar-refractivity contribution in [3.05, 3.63) is 22.7 Å². The molecule has 0 atom stereocenters. The van der Waals surface area contributed by atoms with Crippen molar-refractivity contribution in [2.75, 3.05) is 6.61 Å². The van der Waals surface area contributed by atoms with Crippen LogP contribution in [0.25, 0.3) is 0 Å². The van der Waals surface area contributed by atoms with Crippen molar-refractivity contribution in [3.63, 3.8) is 0 Å². The van der Waals surface area contributed by atoms with Gasteiger partial charge in [-0.25, -0.2) is 0 Å². The van der Waals surface area contributed by atoms with Crippen molar-refractivity contribution in [1.29, 1.82) is 0 Å². The minimum atomic E-state index is -0.632. The SMILES string of the molecule is CC(C)(C)C(=O)Oc1cc2c(cc1Cl)C(=O)CCCO2. The van der Waals surface area contributed by atoms with E-state index in [9.17, 15) is 9.59 Å². The number of hydrogen-bond acceptors (Lipinski definition) is 4. The van der Waals surface area contributed by atoms with E-state index in [1.54, 1.807) is 20.8 Å². The van der Waals surface area contributed by atoms with Crippen LogP contribution in [0.2, 0.25) is 5.02 Å². The third-order valence-corrected chi connectivity index (χ3v) is 3.25. The Morgan fingerprint density at radius 2 is 2.05 bits per heavy atom. The molecule has 0 saturated carbocycles. The normalized spacial score (nSPS) is 15.1. The summed E-state index contributed by atoms with van der Waals surface area (Å²) in [5.41, 5.74) is -0.185. The summed E-state index contributed by atoms with van der Waals surface area (Å²) in [6, 6.07) is 3.03. The fourth-order valence-electron chi connectivity index (χ4n) is 1.75. The second-order valence-electron chi connectivity index (χ2n) is 5.79. The van der Waals surface area contributed by atoms with E-state index in [0.29, 0.717) is 30.8 Å². The standard InChI is InChI=1S/C15H17ClO4/c1-15(2,3)14(18)20-13-8-12-9(7-10(13)16)11(17)5-4-6-19-12/h7-8H,4-6H2,1-3H3. The lowest BCUT2D eigenvalue weighted by atomic mass is 9.97. The van der Waals surface area contributed by atoms with Crippen LogP contribution in [0.15, 0.2) is 12.1 Å². The summed E-state index contributed by atoms with van der Waals surface area (Å²) in [5.74, 6) is 0.251. The molecule has 1 aromatic carbocycles. The third-order valence-electron chi connectivity index (χ3n) is 2.96. The molecule has 4 nitrogen and oxygen atoms in total. The van der Waals surface area contributed by atoms with E-state index in [2.05, 4.69) is 0 Å². The predicted octanol–water partition coefficient (Wildman–Crippen LogP) is 3.65. The van der Waals surface area contributed by atoms with Crippen molar-refractivity contribution in [1.82, 2.24) is 0 Å². The number of ketones is 1. The summed E-state index contributed by atoms with van der Waals surface area (Å²) in [6.45, 7) is 5.74. The van der Waals surface area contributed by atoms with Crippen LogP contribution in [0.5, 0.6) is 11.5 Å². The molecule has 5 heteroatoms. The van der Waals surface area contributed by atoms with Gasteiger partial charge in [0.25, 0.3) is 0 Å². The van der Waals surface area contributed by atoms with E-state index in [1.165, 1.54) is 12.1 Å². The van der Waals surface area contributed by atoms with Crippen LogP contribution < -0.4 is 9.47 Å². The molecule has 1 aromatic rings. The predicted molar refractivity (Wildman–Crippen MR) is 75.6 cm³/mol. The van der Waals surface area contributed by atoms with Crippen LogP contribution in [0.3, 0.4) is 0 Å². The van der Waals surface area contributed by atoms with Crippen molar-refractivity contribution < 1.29 is 19.1 Å². The van der Waals surface area contributed by atoms with Crippen LogP contribution in [-0.4, -0.2) is 18.4 Å². The highest BCUT2D eigenvalue weighted by atomic mass is 35.5. The number of Topliss-reactive ketones (excluding diaryl/α,β-unsaturated/α-hetero) is 1. The fraction of sp³-hybridized carbons (Fsp3) is 0.467. The molecule has 0 N–H and O–H groups in total. The fourth-order valence-corrected chi connectivity index (χ4v) is 1.96. The maximum atomic E-state index is 11.9. The lowest BCUT2D eigenvalue weighted by Crippen LogP contribution is -2.25. The molecule has 0 bridgehead atoms. The molecule has 1 aliphatic rings. The maximum Gasteiger partial charge on any atom is 0.316 e. The number of halogens is 1. The molecule has 2 rings (SSSR count). The third kappa shape index (κ3) is 3.12. The molecule has 0 saturated heterocycles. The Labute approximate surface area is 123 Å². The lowest BCUT2D eigenvalue weighted by molar-refractivity contribution is -0.142. The largest absolute Gasteiger partial charge is 0.493 e. The highest BCUT2D eigenvalue weighted by Crippen LogP contribution is 2.36. The van der Waals surface area contributed by atoms with Gasteiger partial charge in [-0.1, -0.05) is 11.6 Å². The van der Waals surface area contributed by atoms with E-state index >= 15 is 0 Å². The number of ether oxygens (including phenoxy) is 2. The van der Waals surface area contributed by atoms with Gasteiger partial charge in [0.05, 0.1) is 22.6 Å². The van der Waals surface area contributed by atoms with Gasteiger partial charge in [-0.3, -0.25) is 9.59 Å². The summed E-state index contributed by atoms with van der Waals surface area (Å²) in [6.07, 6.45) is 1.10. The molecule has 0 aliphatic carbocycles. The molecule has 0 amide bonds. The minimum absolute atomic E-state index is 0.00639. The minimum Gasteiger partial charge on any atom is -0.493 e. The molecular formula is C15H17ClO4. The zero-order chi connectivity index (χ0) is 14.9. The van der Waals surface area contributed by atoms with Gasteiger partial charge >= 0.3 is 5.97 Å². The summed E-state index contributed by atoms with van der Waals surface area (Å²) in [4.78, 5) is 23.8. The van der Waals surface area contributed by atoms with Gasteiger partial charge in [0.2, 0.25) is 0 Å². The van der Waals surface area contributed by atoms with Crippen molar-refractivity contribution in [2.24, 2.45) is 5.41 Å². The van der Waals surface area contributed by atoms with E-state index < -0.39 is 5.41 Å². The van der Waals surface area contributed by atoms with Crippen molar-refractivity contribution >= 4 is 23.4 Å². The Kier molecular flexibility index (Phi) is 4.04. The van der Waals surface area contributed by atoms with Gasteiger partial charge in [-0.2, -0.15) is 0 Å². The van der Waals surface area contributed by atoms with Gasteiger partial charge in [0.15, 0.2) is 11.5 Å². The number of fused-ring (bicyclic) bond motifs is 1. The van der Waals surface area contributed by atoms with Crippen LogP contribution in [0, 0.1) is 5.41 Å². The van der Waals surface area contributed by atoms with Crippen molar-refractivity contribution in [2.45, 2.75) is 33.6 Å². The first kappa shape index (κ1) is 14.9. The molecule has 0 radical (unpaired) electrons. The Morgan fingerprint density at radius 3 is 2.70 bits per heavy atom. The first-order valence-electron chi connectivity index (χ1n) is 6.51. The summed E-state index contributed by atoms with van der Waals surface area (Å²) < 4.78 is 10.8. The second-order valence-corrected chi connectivity index (χ2v) is 6.20. The van der Waals surface area contributed by atoms with Gasteiger partial charge < -0.3 is 9.47 Å². The van der Waals surface area contributed by atoms with Gasteiger partial charge in [-0.05, 0) is 33.3 Å². The highest BCUT2D eigenvalue weighted by molar-refractivity contribution is 6.32. The molecule has 1 aliphatic heterocycles. The maximum absolute atomic E-state index is 11.9. The Balaban J connectivity index is 2.35. The van der Waals surface area contributed by atoms with Crippen molar-refractivity contribution in [3.8, 4) is 11.5 Å². The van der Waals surface area contributed by atoms with E-state index in [0.717, 1.165) is 0 Å². The number of esters is 1. The quantitative estimate of drug-likeness (QED) is 0.586. The van der Waals surface area contributed by atoms with Crippen LogP contribution >= 0.6 is 11.6 Å². The Hall–Kier alpha value is -1.55. The topological polar surface area (TPSA) is 52.6 Å². The first-order valence-corrected chi connectivity index (χ1v) is 6.88. The van der Waals surface area contributed by atoms with E-state index in [1.807, 2.05) is 0 Å². The number of rotatable bonds is 1. The summed E-state index contributed by atoms with van der Waals surface area (Å²) in [5, 5.41) is 0.236. The highest BCUT2D eigenvalue weighted by Gasteiger charge is 2.26. The molecule has 0 fully saturated rings. The number of carbonyl (C=O) groups is 2. The smallest absolute Gasteiger partial charge is 0.316 e. The van der Waals surface area contributed by atoms with E-state index in [4.69, 9.17) is 21.1 Å². The van der Waals surface area contributed by atoms with Gasteiger partial charge in [-0.15, -0.1) is 0 Å². The lowest BCUT2D eigenvalue weighted by Gasteiger charge is -2.18.